The summed E-state index contributed by atoms with van der Waals surface area (Å²) < 4.78 is 13.2. The van der Waals surface area contributed by atoms with Crippen LogP contribution >= 0.6 is 11.3 Å². The third kappa shape index (κ3) is 2.70. The van der Waals surface area contributed by atoms with Gasteiger partial charge >= 0.3 is 0 Å². The molecule has 1 N–H and O–H groups in total. The molecule has 4 rings (SSSR count). The molecule has 3 aromatic rings. The van der Waals surface area contributed by atoms with Crippen LogP contribution in [0.2, 0.25) is 0 Å². The van der Waals surface area contributed by atoms with E-state index >= 15 is 0 Å². The second kappa shape index (κ2) is 6.34. The van der Waals surface area contributed by atoms with E-state index in [0.29, 0.717) is 12.0 Å². The lowest BCUT2D eigenvalue weighted by Crippen LogP contribution is -2.11. The van der Waals surface area contributed by atoms with Crippen LogP contribution in [0, 0.1) is 0 Å². The first kappa shape index (κ1) is 15.3. The summed E-state index contributed by atoms with van der Waals surface area (Å²) in [6, 6.07) is 18.7. The standard InChI is InChI=1S/C19H15NO2S2/c21-16-8-3-1-6-13(16)19-12-15(17-9-5-11-23-17)20-14-7-2-4-10-18(14)24(19)22/h1-11,19,21H,12H2/t19-,24+/m0/s1. The van der Waals surface area contributed by atoms with E-state index in [1.807, 2.05) is 53.9 Å². The normalized spacial score (nSPS) is 20.1. The number of hydrogen-bond donors (Lipinski definition) is 1. The summed E-state index contributed by atoms with van der Waals surface area (Å²) in [5.74, 6) is 0.181. The SMILES string of the molecule is O=[S@@]1c2ccccc2N=C(c2cccs2)C[C@H]1c1ccccc1O. The van der Waals surface area contributed by atoms with Gasteiger partial charge in [0.15, 0.2) is 0 Å². The molecule has 0 unspecified atom stereocenters. The Balaban J connectivity index is 1.89. The van der Waals surface area contributed by atoms with E-state index in [0.717, 1.165) is 21.2 Å². The minimum absolute atomic E-state index is 0.181. The maximum Gasteiger partial charge on any atom is 0.120 e. The molecular weight excluding hydrogens is 338 g/mol. The zero-order valence-electron chi connectivity index (χ0n) is 12.8. The number of para-hydroxylation sites is 2. The third-order valence-corrected chi connectivity index (χ3v) is 6.70. The van der Waals surface area contributed by atoms with Gasteiger partial charge in [-0.3, -0.25) is 9.20 Å². The molecule has 0 radical (unpaired) electrons. The van der Waals surface area contributed by atoms with E-state index in [2.05, 4.69) is 0 Å². The van der Waals surface area contributed by atoms with Crippen LogP contribution < -0.4 is 0 Å². The monoisotopic (exact) mass is 353 g/mol. The predicted molar refractivity (Wildman–Crippen MR) is 98.8 cm³/mol. The average Bonchev–Trinajstić information content (AvgIpc) is 3.09. The zero-order valence-corrected chi connectivity index (χ0v) is 14.4. The van der Waals surface area contributed by atoms with Crippen LogP contribution in [-0.2, 0) is 10.8 Å². The van der Waals surface area contributed by atoms with E-state index < -0.39 is 10.8 Å². The molecule has 0 bridgehead atoms. The van der Waals surface area contributed by atoms with E-state index in [4.69, 9.17) is 4.99 Å². The number of hydrogen-bond acceptors (Lipinski definition) is 4. The van der Waals surface area contributed by atoms with Gasteiger partial charge in [0.25, 0.3) is 0 Å². The topological polar surface area (TPSA) is 49.7 Å². The molecule has 24 heavy (non-hydrogen) atoms. The smallest absolute Gasteiger partial charge is 0.120 e. The minimum Gasteiger partial charge on any atom is -0.508 e. The Bertz CT molecular complexity index is 932. The highest BCUT2D eigenvalue weighted by Gasteiger charge is 2.29. The van der Waals surface area contributed by atoms with Gasteiger partial charge in [-0.15, -0.1) is 11.3 Å². The van der Waals surface area contributed by atoms with Crippen molar-refractivity contribution in [2.75, 3.05) is 0 Å². The second-order valence-electron chi connectivity index (χ2n) is 5.55. The van der Waals surface area contributed by atoms with Crippen LogP contribution in [0.5, 0.6) is 5.75 Å². The molecule has 0 amide bonds. The minimum atomic E-state index is -1.28. The first-order valence-electron chi connectivity index (χ1n) is 7.63. The number of fused-ring (bicyclic) bond motifs is 1. The highest BCUT2D eigenvalue weighted by Crippen LogP contribution is 2.40. The molecule has 2 heterocycles. The molecular formula is C19H15NO2S2. The molecule has 1 aliphatic rings. The number of rotatable bonds is 2. The Hall–Kier alpha value is -2.24. The molecule has 0 fully saturated rings. The summed E-state index contributed by atoms with van der Waals surface area (Å²) in [6.07, 6.45) is 0.527. The van der Waals surface area contributed by atoms with Gasteiger partial charge < -0.3 is 5.11 Å². The summed E-state index contributed by atoms with van der Waals surface area (Å²) in [5, 5.41) is 12.0. The zero-order chi connectivity index (χ0) is 16.5. The van der Waals surface area contributed by atoms with Gasteiger partial charge in [0.05, 0.1) is 32.3 Å². The van der Waals surface area contributed by atoms with Crippen LogP contribution in [0.15, 0.2) is 75.9 Å². The summed E-state index contributed by atoms with van der Waals surface area (Å²) in [4.78, 5) is 6.58. The van der Waals surface area contributed by atoms with E-state index in [-0.39, 0.29) is 11.0 Å². The number of phenolic OH excluding ortho intramolecular Hbond substituents is 1. The lowest BCUT2D eigenvalue weighted by molar-refractivity contribution is 0.467. The molecule has 5 heteroatoms. The summed E-state index contributed by atoms with van der Waals surface area (Å²) >= 11 is 1.62. The van der Waals surface area contributed by atoms with Gasteiger partial charge in [-0.1, -0.05) is 36.4 Å². The second-order valence-corrected chi connectivity index (χ2v) is 8.10. The number of phenols is 1. The first-order valence-corrected chi connectivity index (χ1v) is 9.72. The fourth-order valence-electron chi connectivity index (χ4n) is 2.90. The lowest BCUT2D eigenvalue weighted by Gasteiger charge is -2.17. The van der Waals surface area contributed by atoms with Crippen molar-refractivity contribution in [1.29, 1.82) is 0 Å². The Labute approximate surface area is 146 Å². The van der Waals surface area contributed by atoms with Crippen LogP contribution in [0.4, 0.5) is 5.69 Å². The molecule has 1 aromatic heterocycles. The van der Waals surface area contributed by atoms with Gasteiger partial charge in [0, 0.05) is 16.9 Å². The van der Waals surface area contributed by atoms with E-state index in [9.17, 15) is 9.32 Å². The average molecular weight is 353 g/mol. The van der Waals surface area contributed by atoms with E-state index in [1.54, 1.807) is 23.5 Å². The van der Waals surface area contributed by atoms with Crippen molar-refractivity contribution in [3.05, 3.63) is 76.5 Å². The maximum absolute atomic E-state index is 13.2. The fourth-order valence-corrected chi connectivity index (χ4v) is 5.20. The van der Waals surface area contributed by atoms with Crippen molar-refractivity contribution in [3.8, 4) is 5.75 Å². The molecule has 0 aliphatic carbocycles. The van der Waals surface area contributed by atoms with Crippen LogP contribution in [0.1, 0.15) is 22.1 Å². The van der Waals surface area contributed by atoms with Crippen molar-refractivity contribution >= 4 is 33.5 Å². The van der Waals surface area contributed by atoms with Crippen LogP contribution in [-0.4, -0.2) is 15.0 Å². The van der Waals surface area contributed by atoms with Gasteiger partial charge in [-0.2, -0.15) is 0 Å². The van der Waals surface area contributed by atoms with Gasteiger partial charge in [0.2, 0.25) is 0 Å². The molecule has 0 saturated carbocycles. The molecule has 120 valence electrons. The molecule has 2 atom stereocenters. The van der Waals surface area contributed by atoms with Crippen molar-refractivity contribution in [2.45, 2.75) is 16.6 Å². The summed E-state index contributed by atoms with van der Waals surface area (Å²) in [5.41, 5.74) is 2.37. The first-order chi connectivity index (χ1) is 11.7. The summed E-state index contributed by atoms with van der Waals surface area (Å²) in [6.45, 7) is 0. The molecule has 0 saturated heterocycles. The lowest BCUT2D eigenvalue weighted by atomic mass is 10.0. The predicted octanol–water partition coefficient (Wildman–Crippen LogP) is 4.83. The van der Waals surface area contributed by atoms with Crippen molar-refractivity contribution in [3.63, 3.8) is 0 Å². The molecule has 1 aliphatic heterocycles. The number of thiophene rings is 1. The van der Waals surface area contributed by atoms with E-state index in [1.165, 1.54) is 0 Å². The molecule has 0 spiro atoms. The third-order valence-electron chi connectivity index (χ3n) is 4.06. The number of nitrogens with zero attached hydrogens (tertiary/aromatic N) is 1. The Morgan fingerprint density at radius 1 is 1.04 bits per heavy atom. The van der Waals surface area contributed by atoms with Crippen LogP contribution in [0.3, 0.4) is 0 Å². The fraction of sp³-hybridized carbons (Fsp3) is 0.105. The Morgan fingerprint density at radius 2 is 1.83 bits per heavy atom. The number of aromatic hydroxyl groups is 1. The van der Waals surface area contributed by atoms with Gasteiger partial charge in [-0.05, 0) is 29.6 Å². The van der Waals surface area contributed by atoms with Gasteiger partial charge in [0.1, 0.15) is 5.75 Å². The highest BCUT2D eigenvalue weighted by molar-refractivity contribution is 7.85. The van der Waals surface area contributed by atoms with Crippen molar-refractivity contribution < 1.29 is 9.32 Å². The largest absolute Gasteiger partial charge is 0.508 e. The molecule has 3 nitrogen and oxygen atoms in total. The number of benzene rings is 2. The highest BCUT2D eigenvalue weighted by atomic mass is 32.2. The van der Waals surface area contributed by atoms with Crippen molar-refractivity contribution in [2.24, 2.45) is 4.99 Å². The Morgan fingerprint density at radius 3 is 2.62 bits per heavy atom. The van der Waals surface area contributed by atoms with Crippen LogP contribution in [0.25, 0.3) is 0 Å². The molecule has 2 aromatic carbocycles. The van der Waals surface area contributed by atoms with Gasteiger partial charge in [-0.25, -0.2) is 0 Å². The maximum atomic E-state index is 13.2. The van der Waals surface area contributed by atoms with Crippen molar-refractivity contribution in [1.82, 2.24) is 0 Å². The number of aliphatic imine (C=N–C) groups is 1. The quantitative estimate of drug-likeness (QED) is 0.717. The Kier molecular flexibility index (Phi) is 4.04. The summed E-state index contributed by atoms with van der Waals surface area (Å²) in [7, 11) is -1.28.